The number of carbonyl (C=O) groups is 4. The Hall–Kier alpha value is -5.19. The van der Waals surface area contributed by atoms with Gasteiger partial charge in [-0.25, -0.2) is 19.2 Å². The molecule has 1 heterocycles. The second-order valence-electron chi connectivity index (χ2n) is 7.06. The molecule has 3 rings (SSSR count). The minimum atomic E-state index is -1.02. The smallest absolute Gasteiger partial charge is 0.336 e. The number of hydrogen-bond acceptors (Lipinski definition) is 11. The van der Waals surface area contributed by atoms with E-state index in [0.29, 0.717) is 11.3 Å². The molecule has 1 aromatic heterocycles. The molecule has 0 aliphatic rings. The highest BCUT2D eigenvalue weighted by atomic mass is 16.5. The molecule has 0 atom stereocenters. The number of hydrogen-bond donors (Lipinski definition) is 0. The summed E-state index contributed by atoms with van der Waals surface area (Å²) in [7, 11) is 3.77. The van der Waals surface area contributed by atoms with Crippen molar-refractivity contribution in [3.05, 3.63) is 77.2 Å². The minimum Gasteiger partial charge on any atom is -0.497 e. The fourth-order valence-electron chi connectivity index (χ4n) is 3.00. The first-order chi connectivity index (χ1) is 17.7. The van der Waals surface area contributed by atoms with E-state index in [9.17, 15) is 24.0 Å². The van der Waals surface area contributed by atoms with Gasteiger partial charge in [-0.1, -0.05) is 12.1 Å². The van der Waals surface area contributed by atoms with E-state index in [1.807, 2.05) is 0 Å². The van der Waals surface area contributed by atoms with Crippen LogP contribution < -0.4 is 19.6 Å². The summed E-state index contributed by atoms with van der Waals surface area (Å²) in [5.41, 5.74) is 0.0463. The average Bonchev–Trinajstić information content (AvgIpc) is 2.90. The Morgan fingerprint density at radius 2 is 1.30 bits per heavy atom. The van der Waals surface area contributed by atoms with Gasteiger partial charge in [0.25, 0.3) is 0 Å². The average molecular weight is 508 g/mol. The van der Waals surface area contributed by atoms with Crippen molar-refractivity contribution in [2.24, 2.45) is 0 Å². The summed E-state index contributed by atoms with van der Waals surface area (Å²) in [6.45, 7) is 0. The van der Waals surface area contributed by atoms with Gasteiger partial charge in [-0.05, 0) is 17.7 Å². The van der Waals surface area contributed by atoms with Gasteiger partial charge in [-0.2, -0.15) is 0 Å². The molecule has 37 heavy (non-hydrogen) atoms. The van der Waals surface area contributed by atoms with Gasteiger partial charge < -0.3 is 28.1 Å². The van der Waals surface area contributed by atoms with Gasteiger partial charge in [0.2, 0.25) is 5.43 Å². The van der Waals surface area contributed by atoms with Gasteiger partial charge in [0.05, 0.1) is 26.9 Å². The molecule has 0 fully saturated rings. The number of carbonyl (C=O) groups excluding carboxylic acids is 4. The van der Waals surface area contributed by atoms with Crippen LogP contribution in [0, 0.1) is 0 Å². The first-order valence-electron chi connectivity index (χ1n) is 10.5. The predicted octanol–water partition coefficient (Wildman–Crippen LogP) is 2.74. The quantitative estimate of drug-likeness (QED) is 0.251. The maximum Gasteiger partial charge on any atom is 0.336 e. The third-order valence-corrected chi connectivity index (χ3v) is 4.76. The summed E-state index contributed by atoms with van der Waals surface area (Å²) in [5, 5.41) is -0.127. The lowest BCUT2D eigenvalue weighted by molar-refractivity contribution is -0.136. The molecule has 3 aromatic rings. The zero-order chi connectivity index (χ0) is 26.9. The molecule has 0 saturated heterocycles. The first-order valence-corrected chi connectivity index (χ1v) is 10.5. The Morgan fingerprint density at radius 3 is 1.86 bits per heavy atom. The van der Waals surface area contributed by atoms with Crippen LogP contribution in [0.1, 0.15) is 0 Å². The highest BCUT2D eigenvalue weighted by Crippen LogP contribution is 2.32. The number of rotatable bonds is 8. The Kier molecular flexibility index (Phi) is 8.55. The number of ether oxygens (including phenoxy) is 5. The van der Waals surface area contributed by atoms with E-state index >= 15 is 0 Å². The third-order valence-electron chi connectivity index (χ3n) is 4.76. The summed E-state index contributed by atoms with van der Waals surface area (Å²) in [5.74, 6) is -3.44. The predicted molar refractivity (Wildman–Crippen MR) is 128 cm³/mol. The highest BCUT2D eigenvalue weighted by molar-refractivity contribution is 5.96. The number of esters is 4. The van der Waals surface area contributed by atoms with Crippen LogP contribution in [0.25, 0.3) is 22.1 Å². The molecule has 0 aliphatic heterocycles. The van der Waals surface area contributed by atoms with Crippen molar-refractivity contribution < 1.29 is 47.3 Å². The van der Waals surface area contributed by atoms with Crippen LogP contribution in [-0.4, -0.2) is 45.2 Å². The van der Waals surface area contributed by atoms with E-state index in [2.05, 4.69) is 9.47 Å². The van der Waals surface area contributed by atoms with Gasteiger partial charge in [-0.3, -0.25) is 4.79 Å². The maximum absolute atomic E-state index is 13.4. The number of benzene rings is 2. The van der Waals surface area contributed by atoms with Crippen molar-refractivity contribution in [1.29, 1.82) is 0 Å². The minimum absolute atomic E-state index is 0.0655. The lowest BCUT2D eigenvalue weighted by atomic mass is 10.0. The zero-order valence-electron chi connectivity index (χ0n) is 19.8. The molecule has 2 aromatic carbocycles. The van der Waals surface area contributed by atoms with E-state index < -0.39 is 29.3 Å². The van der Waals surface area contributed by atoms with E-state index in [4.69, 9.17) is 18.6 Å². The van der Waals surface area contributed by atoms with Crippen LogP contribution in [0.2, 0.25) is 0 Å². The molecule has 0 spiro atoms. The fourth-order valence-corrected chi connectivity index (χ4v) is 3.00. The number of methoxy groups -OCH3 is 3. The van der Waals surface area contributed by atoms with Crippen molar-refractivity contribution in [2.45, 2.75) is 0 Å². The maximum atomic E-state index is 13.4. The molecule has 0 amide bonds. The van der Waals surface area contributed by atoms with Gasteiger partial charge in [0.1, 0.15) is 34.5 Å². The van der Waals surface area contributed by atoms with Crippen LogP contribution in [0.4, 0.5) is 0 Å². The normalized spacial score (nSPS) is 10.9. The lowest BCUT2D eigenvalue weighted by Gasteiger charge is -2.10. The van der Waals surface area contributed by atoms with Crippen molar-refractivity contribution in [1.82, 2.24) is 0 Å². The van der Waals surface area contributed by atoms with E-state index in [-0.39, 0.29) is 28.0 Å². The Labute approximate surface area is 209 Å². The fraction of sp³-hybridized carbons (Fsp3) is 0.115. The summed E-state index contributed by atoms with van der Waals surface area (Å²) in [4.78, 5) is 60.3. The molecule has 190 valence electrons. The van der Waals surface area contributed by atoms with Crippen molar-refractivity contribution in [3.63, 3.8) is 0 Å². The molecular weight excluding hydrogens is 488 g/mol. The first kappa shape index (κ1) is 26.4. The van der Waals surface area contributed by atoms with Gasteiger partial charge >= 0.3 is 23.9 Å². The monoisotopic (exact) mass is 508 g/mol. The van der Waals surface area contributed by atoms with Crippen LogP contribution in [0.3, 0.4) is 0 Å². The van der Waals surface area contributed by atoms with E-state index in [1.54, 1.807) is 24.3 Å². The van der Waals surface area contributed by atoms with Crippen LogP contribution in [-0.2, 0) is 28.7 Å². The SMILES string of the molecule is COC(=O)/C=C/C(=O)Oc1cc(OC(=O)/C=C/C(=O)OC)c2c(=O)c(-c3ccc(OC)cc3)coc2c1. The third kappa shape index (κ3) is 6.69. The van der Waals surface area contributed by atoms with Crippen LogP contribution >= 0.6 is 0 Å². The van der Waals surface area contributed by atoms with Gasteiger partial charge in [0, 0.05) is 36.4 Å². The molecule has 11 heteroatoms. The van der Waals surface area contributed by atoms with Crippen LogP contribution in [0.15, 0.2) is 76.2 Å². The molecule has 0 bridgehead atoms. The van der Waals surface area contributed by atoms with Crippen LogP contribution in [0.5, 0.6) is 17.2 Å². The van der Waals surface area contributed by atoms with E-state index in [0.717, 1.165) is 44.6 Å². The van der Waals surface area contributed by atoms with Gasteiger partial charge in [-0.15, -0.1) is 0 Å². The molecule has 11 nitrogen and oxygen atoms in total. The summed E-state index contributed by atoms with van der Waals surface area (Å²) in [6.07, 6.45) is 4.51. The lowest BCUT2D eigenvalue weighted by Crippen LogP contribution is -2.12. The molecule has 0 saturated carbocycles. The van der Waals surface area contributed by atoms with E-state index in [1.165, 1.54) is 19.4 Å². The Morgan fingerprint density at radius 1 is 0.730 bits per heavy atom. The second-order valence-corrected chi connectivity index (χ2v) is 7.06. The second kappa shape index (κ2) is 12.0. The topological polar surface area (TPSA) is 145 Å². The standard InChI is InChI=1S/C26H20O11/c1-32-16-6-4-15(5-7-16)18-14-35-19-12-17(36-23(29)10-8-21(27)33-2)13-20(25(19)26(18)31)37-24(30)11-9-22(28)34-3/h4-14H,1-3H3/b10-8+,11-9+. The molecular formula is C26H20O11. The molecule has 0 aliphatic carbocycles. The highest BCUT2D eigenvalue weighted by Gasteiger charge is 2.19. The largest absolute Gasteiger partial charge is 0.497 e. The molecule has 0 radical (unpaired) electrons. The Balaban J connectivity index is 2.08. The number of fused-ring (bicyclic) bond motifs is 1. The Bertz CT molecular complexity index is 1460. The van der Waals surface area contributed by atoms with Crippen molar-refractivity contribution in [2.75, 3.05) is 21.3 Å². The van der Waals surface area contributed by atoms with Crippen molar-refractivity contribution >= 4 is 34.8 Å². The summed E-state index contributed by atoms with van der Waals surface area (Å²) >= 11 is 0. The molecule has 0 unspecified atom stereocenters. The zero-order valence-corrected chi connectivity index (χ0v) is 19.8. The summed E-state index contributed by atoms with van der Waals surface area (Å²) < 4.78 is 30.0. The van der Waals surface area contributed by atoms with Crippen molar-refractivity contribution in [3.8, 4) is 28.4 Å². The summed E-state index contributed by atoms with van der Waals surface area (Å²) in [6, 6.07) is 8.95. The molecule has 0 N–H and O–H groups in total. The van der Waals surface area contributed by atoms with Gasteiger partial charge in [0.15, 0.2) is 0 Å².